The topological polar surface area (TPSA) is 72.9 Å². The molecule has 1 unspecified atom stereocenters. The number of fused-ring (bicyclic) bond motifs is 1. The summed E-state index contributed by atoms with van der Waals surface area (Å²) in [5.74, 6) is 0. The van der Waals surface area contributed by atoms with Crippen molar-refractivity contribution < 1.29 is 0 Å². The standard InChI is InChI=1S/C40H32N4/c41-36-20-19-28-9-4-5-13-35(28)38(36)40(34-11-2-1-3-12-34)39(44-40)33-24-31(23-32(25-33)30-10-8-21-42-26-30)27-15-17-29(18-16-27)37-14-6-7-22-43-37/h1-25,39,42,44H,26,41H2/t39-,40?/m0/s1. The van der Waals surface area contributed by atoms with Crippen molar-refractivity contribution >= 4 is 22.0 Å². The molecule has 5 aromatic carbocycles. The second kappa shape index (κ2) is 10.7. The number of hydrogen-bond acceptors (Lipinski definition) is 4. The van der Waals surface area contributed by atoms with Gasteiger partial charge in [-0.2, -0.15) is 0 Å². The maximum Gasteiger partial charge on any atom is 0.0920 e. The number of pyridine rings is 1. The van der Waals surface area contributed by atoms with Crippen LogP contribution in [-0.4, -0.2) is 11.5 Å². The van der Waals surface area contributed by atoms with Crippen molar-refractivity contribution in [3.63, 3.8) is 0 Å². The number of nitrogens with two attached hydrogens (primary N) is 1. The molecule has 2 aliphatic rings. The Labute approximate surface area is 257 Å². The Morgan fingerprint density at radius 2 is 1.48 bits per heavy atom. The van der Waals surface area contributed by atoms with Gasteiger partial charge in [-0.25, -0.2) is 0 Å². The van der Waals surface area contributed by atoms with Crippen LogP contribution in [0.25, 0.3) is 38.7 Å². The number of benzene rings is 5. The first kappa shape index (κ1) is 26.2. The van der Waals surface area contributed by atoms with Crippen molar-refractivity contribution in [3.05, 3.63) is 174 Å². The highest BCUT2D eigenvalue weighted by Crippen LogP contribution is 2.57. The van der Waals surface area contributed by atoms with Crippen molar-refractivity contribution in [2.24, 2.45) is 0 Å². The van der Waals surface area contributed by atoms with Gasteiger partial charge in [-0.15, -0.1) is 0 Å². The zero-order valence-corrected chi connectivity index (χ0v) is 24.2. The molecule has 2 aliphatic heterocycles. The fraction of sp³-hybridized carbons (Fsp3) is 0.0750. The fourth-order valence-electron chi connectivity index (χ4n) is 6.76. The largest absolute Gasteiger partial charge is 0.398 e. The average Bonchev–Trinajstić information content (AvgIpc) is 3.86. The van der Waals surface area contributed by atoms with E-state index < -0.39 is 5.54 Å². The van der Waals surface area contributed by atoms with Crippen LogP contribution < -0.4 is 16.4 Å². The second-order valence-electron chi connectivity index (χ2n) is 11.6. The summed E-state index contributed by atoms with van der Waals surface area (Å²) in [6.45, 7) is 0.788. The molecular formula is C40H32N4. The Morgan fingerprint density at radius 3 is 2.27 bits per heavy atom. The Kier molecular flexibility index (Phi) is 6.36. The zero-order chi connectivity index (χ0) is 29.5. The van der Waals surface area contributed by atoms with Gasteiger partial charge in [0.15, 0.2) is 0 Å². The minimum Gasteiger partial charge on any atom is -0.398 e. The van der Waals surface area contributed by atoms with Crippen molar-refractivity contribution in [3.8, 4) is 22.4 Å². The predicted octanol–water partition coefficient (Wildman–Crippen LogP) is 8.24. The third-order valence-electron chi connectivity index (χ3n) is 8.95. The molecule has 0 saturated carbocycles. The lowest BCUT2D eigenvalue weighted by molar-refractivity contribution is 0.798. The first-order valence-electron chi connectivity index (χ1n) is 15.1. The summed E-state index contributed by atoms with van der Waals surface area (Å²) < 4.78 is 0. The molecule has 0 amide bonds. The van der Waals surface area contributed by atoms with Gasteiger partial charge in [0, 0.05) is 29.6 Å². The van der Waals surface area contributed by atoms with Gasteiger partial charge >= 0.3 is 0 Å². The lowest BCUT2D eigenvalue weighted by atomic mass is 9.81. The lowest BCUT2D eigenvalue weighted by Crippen LogP contribution is -2.18. The minimum atomic E-state index is -0.454. The first-order valence-corrected chi connectivity index (χ1v) is 15.1. The molecule has 8 rings (SSSR count). The van der Waals surface area contributed by atoms with Crippen LogP contribution in [0.1, 0.15) is 28.3 Å². The molecular weight excluding hydrogens is 536 g/mol. The van der Waals surface area contributed by atoms with Gasteiger partial charge in [-0.3, -0.25) is 10.3 Å². The smallest absolute Gasteiger partial charge is 0.0920 e. The molecule has 212 valence electrons. The molecule has 1 fully saturated rings. The number of dihydropyridines is 1. The van der Waals surface area contributed by atoms with Crippen molar-refractivity contribution in [1.29, 1.82) is 0 Å². The van der Waals surface area contributed by atoms with Gasteiger partial charge in [0.1, 0.15) is 0 Å². The second-order valence-corrected chi connectivity index (χ2v) is 11.6. The van der Waals surface area contributed by atoms with E-state index in [1.807, 2.05) is 30.6 Å². The van der Waals surface area contributed by atoms with Crippen LogP contribution in [0.3, 0.4) is 0 Å². The number of nitrogen functional groups attached to an aromatic ring is 1. The molecule has 1 saturated heterocycles. The number of nitrogens with zero attached hydrogens (tertiary/aromatic N) is 1. The number of nitrogens with one attached hydrogen (secondary N) is 2. The van der Waals surface area contributed by atoms with Crippen molar-refractivity contribution in [2.45, 2.75) is 11.6 Å². The average molecular weight is 569 g/mol. The zero-order valence-electron chi connectivity index (χ0n) is 24.2. The molecule has 4 N–H and O–H groups in total. The monoisotopic (exact) mass is 568 g/mol. The van der Waals surface area contributed by atoms with Crippen LogP contribution in [0.4, 0.5) is 5.69 Å². The maximum atomic E-state index is 6.85. The normalized spacial score (nSPS) is 18.9. The molecule has 0 aliphatic carbocycles. The summed E-state index contributed by atoms with van der Waals surface area (Å²) in [5, 5.41) is 9.72. The highest BCUT2D eigenvalue weighted by atomic mass is 15.2. The first-order chi connectivity index (χ1) is 21.7. The van der Waals surface area contributed by atoms with E-state index in [9.17, 15) is 0 Å². The number of aromatic nitrogens is 1. The van der Waals surface area contributed by atoms with E-state index in [2.05, 4.69) is 137 Å². The van der Waals surface area contributed by atoms with Crippen LogP contribution in [0.15, 0.2) is 152 Å². The van der Waals surface area contributed by atoms with Crippen molar-refractivity contribution in [2.75, 3.05) is 12.3 Å². The van der Waals surface area contributed by atoms with E-state index in [0.717, 1.165) is 29.1 Å². The summed E-state index contributed by atoms with van der Waals surface area (Å²) in [7, 11) is 0. The van der Waals surface area contributed by atoms with Crippen LogP contribution in [0.5, 0.6) is 0 Å². The van der Waals surface area contributed by atoms with Gasteiger partial charge in [0.2, 0.25) is 0 Å². The van der Waals surface area contributed by atoms with E-state index in [1.165, 1.54) is 44.2 Å². The van der Waals surface area contributed by atoms with E-state index in [1.54, 1.807) is 0 Å². The van der Waals surface area contributed by atoms with Crippen LogP contribution in [0, 0.1) is 0 Å². The Bertz CT molecular complexity index is 2050. The number of rotatable bonds is 6. The minimum absolute atomic E-state index is 0.0391. The molecule has 3 heterocycles. The SMILES string of the molecule is Nc1ccc2ccccc2c1C1(c2ccccc2)N[C@H]1c1cc(C2=CC=CNC2)cc(-c2ccc(-c3ccccn3)cc2)c1. The Hall–Kier alpha value is -5.45. The number of anilines is 1. The summed E-state index contributed by atoms with van der Waals surface area (Å²) in [5.41, 5.74) is 17.7. The molecule has 2 atom stereocenters. The van der Waals surface area contributed by atoms with Gasteiger partial charge in [0.25, 0.3) is 0 Å². The highest BCUT2D eigenvalue weighted by Gasteiger charge is 2.58. The van der Waals surface area contributed by atoms with E-state index in [4.69, 9.17) is 5.73 Å². The maximum absolute atomic E-state index is 6.85. The summed E-state index contributed by atoms with van der Waals surface area (Å²) >= 11 is 0. The number of allylic oxidation sites excluding steroid dienone is 2. The van der Waals surface area contributed by atoms with E-state index >= 15 is 0 Å². The van der Waals surface area contributed by atoms with Gasteiger partial charge in [0.05, 0.1) is 17.3 Å². The van der Waals surface area contributed by atoms with Crippen LogP contribution >= 0.6 is 0 Å². The van der Waals surface area contributed by atoms with Crippen LogP contribution in [-0.2, 0) is 5.54 Å². The third kappa shape index (κ3) is 4.48. The summed E-state index contributed by atoms with van der Waals surface area (Å²) in [6, 6.07) is 45.2. The van der Waals surface area contributed by atoms with Crippen molar-refractivity contribution in [1.82, 2.24) is 15.6 Å². The molecule has 4 nitrogen and oxygen atoms in total. The van der Waals surface area contributed by atoms with Gasteiger partial charge in [-0.1, -0.05) is 97.1 Å². The molecule has 0 spiro atoms. The molecule has 1 aromatic heterocycles. The summed E-state index contributed by atoms with van der Waals surface area (Å²) in [4.78, 5) is 4.54. The van der Waals surface area contributed by atoms with E-state index in [0.29, 0.717) is 0 Å². The molecule has 0 radical (unpaired) electrons. The Balaban J connectivity index is 1.29. The molecule has 0 bridgehead atoms. The fourth-order valence-corrected chi connectivity index (χ4v) is 6.76. The molecule has 4 heteroatoms. The summed E-state index contributed by atoms with van der Waals surface area (Å²) in [6.07, 6.45) is 8.12. The highest BCUT2D eigenvalue weighted by molar-refractivity contribution is 5.92. The predicted molar refractivity (Wildman–Crippen MR) is 182 cm³/mol. The number of hydrogen-bond donors (Lipinski definition) is 3. The quantitative estimate of drug-likeness (QED) is 0.140. The van der Waals surface area contributed by atoms with Gasteiger partial charge in [-0.05, 0) is 92.8 Å². The Morgan fingerprint density at radius 1 is 0.705 bits per heavy atom. The molecule has 44 heavy (non-hydrogen) atoms. The van der Waals surface area contributed by atoms with E-state index in [-0.39, 0.29) is 6.04 Å². The van der Waals surface area contributed by atoms with Gasteiger partial charge < -0.3 is 11.1 Å². The third-order valence-corrected chi connectivity index (χ3v) is 8.95. The van der Waals surface area contributed by atoms with Crippen LogP contribution in [0.2, 0.25) is 0 Å². The lowest BCUT2D eigenvalue weighted by Gasteiger charge is -2.22. The molecule has 6 aromatic rings.